The molecule has 0 radical (unpaired) electrons. The fourth-order valence-corrected chi connectivity index (χ4v) is 7.21. The lowest BCUT2D eigenvalue weighted by atomic mass is 9.66. The number of fused-ring (bicyclic) bond motifs is 1. The van der Waals surface area contributed by atoms with Crippen LogP contribution in [-0.4, -0.2) is 70.2 Å². The summed E-state index contributed by atoms with van der Waals surface area (Å²) in [5.74, 6) is -1.96. The van der Waals surface area contributed by atoms with Gasteiger partial charge < -0.3 is 25.4 Å². The molecular weight excluding hydrogens is 434 g/mol. The van der Waals surface area contributed by atoms with Crippen LogP contribution in [0.5, 0.6) is 0 Å². The van der Waals surface area contributed by atoms with Crippen LogP contribution in [-0.2, 0) is 19.1 Å². The largest absolute Gasteiger partial charge is 0.394 e. The zero-order chi connectivity index (χ0) is 25.9. The Balaban J connectivity index is 2.07. The maximum absolute atomic E-state index is 14.0. The van der Waals surface area contributed by atoms with Crippen LogP contribution in [0.25, 0.3) is 0 Å². The highest BCUT2D eigenvalue weighted by Gasteiger charge is 2.78. The van der Waals surface area contributed by atoms with Crippen molar-refractivity contribution in [2.75, 3.05) is 13.7 Å². The Morgan fingerprint density at radius 1 is 1.18 bits per heavy atom. The standard InChI is InChI=1S/C26H45N3O5/c1-15(2)12-16(13-30)29-19(21(32)28-24(6,7)14-23(3,4)5)26-11-10-25(8,34-26)17(20(31)27-9)18(26)22(29)33/h15-19,30H,10-14H2,1-9H3,(H,27,31)(H,28,32)/t16-,17-,18+,19?,25+,26?/m1/s1. The molecule has 0 aromatic carbocycles. The SMILES string of the molecule is CNC(=O)[C@H]1[C@H]2C(=O)N([C@@H](CO)CC(C)C)C(C(=O)NC(C)(C)CC(C)(C)C)C23CC[C@]1(C)O3. The number of ether oxygens (including phenoxy) is 1. The van der Waals surface area contributed by atoms with Crippen LogP contribution in [0.2, 0.25) is 0 Å². The summed E-state index contributed by atoms with van der Waals surface area (Å²) in [4.78, 5) is 42.6. The summed E-state index contributed by atoms with van der Waals surface area (Å²) in [6, 6.07) is -1.41. The van der Waals surface area contributed by atoms with Crippen molar-refractivity contribution < 1.29 is 24.2 Å². The van der Waals surface area contributed by atoms with E-state index in [1.807, 2.05) is 34.6 Å². The molecule has 3 amide bonds. The van der Waals surface area contributed by atoms with Crippen molar-refractivity contribution >= 4 is 17.7 Å². The quantitative estimate of drug-likeness (QED) is 0.495. The highest BCUT2D eigenvalue weighted by molar-refractivity contribution is 5.99. The molecule has 3 aliphatic rings. The predicted molar refractivity (Wildman–Crippen MR) is 130 cm³/mol. The van der Waals surface area contributed by atoms with E-state index in [9.17, 15) is 19.5 Å². The summed E-state index contributed by atoms with van der Waals surface area (Å²) in [7, 11) is 1.57. The van der Waals surface area contributed by atoms with Crippen LogP contribution in [0.15, 0.2) is 0 Å². The number of hydrogen-bond donors (Lipinski definition) is 3. The molecule has 3 fully saturated rings. The first-order valence-corrected chi connectivity index (χ1v) is 12.7. The molecule has 0 saturated carbocycles. The Morgan fingerprint density at radius 3 is 2.29 bits per heavy atom. The topological polar surface area (TPSA) is 108 Å². The van der Waals surface area contributed by atoms with Crippen LogP contribution in [0.4, 0.5) is 0 Å². The summed E-state index contributed by atoms with van der Waals surface area (Å²) < 4.78 is 6.59. The first-order chi connectivity index (χ1) is 15.5. The number of rotatable bonds is 8. The molecule has 2 unspecified atom stereocenters. The third-order valence-corrected chi connectivity index (χ3v) is 7.77. The molecule has 6 atom stereocenters. The second-order valence-electron chi connectivity index (χ2n) is 13.2. The minimum absolute atomic E-state index is 0.00579. The van der Waals surface area contributed by atoms with Gasteiger partial charge in [0.25, 0.3) is 0 Å². The molecule has 0 aliphatic carbocycles. The highest BCUT2D eigenvalue weighted by atomic mass is 16.5. The third kappa shape index (κ3) is 4.48. The van der Waals surface area contributed by atoms with Gasteiger partial charge in [-0.25, -0.2) is 0 Å². The lowest BCUT2D eigenvalue weighted by molar-refractivity contribution is -0.150. The molecule has 3 saturated heterocycles. The minimum Gasteiger partial charge on any atom is -0.394 e. The van der Waals surface area contributed by atoms with Crippen molar-refractivity contribution in [2.24, 2.45) is 23.2 Å². The Hall–Kier alpha value is -1.67. The van der Waals surface area contributed by atoms with Gasteiger partial charge in [-0.2, -0.15) is 0 Å². The van der Waals surface area contributed by atoms with Gasteiger partial charge in [-0.1, -0.05) is 34.6 Å². The van der Waals surface area contributed by atoms with E-state index in [1.54, 1.807) is 11.9 Å². The summed E-state index contributed by atoms with van der Waals surface area (Å²) in [5.41, 5.74) is -2.38. The van der Waals surface area contributed by atoms with E-state index in [0.29, 0.717) is 19.3 Å². The van der Waals surface area contributed by atoms with E-state index in [1.165, 1.54) is 0 Å². The third-order valence-electron chi connectivity index (χ3n) is 7.77. The molecule has 2 bridgehead atoms. The fraction of sp³-hybridized carbons (Fsp3) is 0.885. The molecule has 3 heterocycles. The Labute approximate surface area is 204 Å². The van der Waals surface area contributed by atoms with Gasteiger partial charge in [-0.15, -0.1) is 0 Å². The number of amides is 3. The number of aliphatic hydroxyl groups is 1. The summed E-state index contributed by atoms with van der Waals surface area (Å²) >= 11 is 0. The number of hydrogen-bond acceptors (Lipinski definition) is 5. The smallest absolute Gasteiger partial charge is 0.246 e. The fourth-order valence-electron chi connectivity index (χ4n) is 7.21. The van der Waals surface area contributed by atoms with Crippen LogP contribution in [0.1, 0.15) is 81.1 Å². The predicted octanol–water partition coefficient (Wildman–Crippen LogP) is 2.24. The first-order valence-electron chi connectivity index (χ1n) is 12.7. The van der Waals surface area contributed by atoms with Crippen LogP contribution >= 0.6 is 0 Å². The van der Waals surface area contributed by atoms with Gasteiger partial charge >= 0.3 is 0 Å². The van der Waals surface area contributed by atoms with E-state index in [-0.39, 0.29) is 35.7 Å². The van der Waals surface area contributed by atoms with Gasteiger partial charge in [0, 0.05) is 12.6 Å². The van der Waals surface area contributed by atoms with Crippen molar-refractivity contribution in [2.45, 2.75) is 110 Å². The molecule has 194 valence electrons. The Kier molecular flexibility index (Phi) is 6.94. The van der Waals surface area contributed by atoms with Gasteiger partial charge in [-0.05, 0) is 57.8 Å². The molecule has 8 heteroatoms. The van der Waals surface area contributed by atoms with Gasteiger partial charge in [0.1, 0.15) is 11.6 Å². The average Bonchev–Trinajstić information content (AvgIpc) is 3.24. The first kappa shape index (κ1) is 26.9. The van der Waals surface area contributed by atoms with Crippen LogP contribution in [0.3, 0.4) is 0 Å². The summed E-state index contributed by atoms with van der Waals surface area (Å²) in [6.07, 6.45) is 2.44. The number of nitrogens with zero attached hydrogens (tertiary/aromatic N) is 1. The molecule has 3 rings (SSSR count). The molecular formula is C26H45N3O5. The Bertz CT molecular complexity index is 835. The summed E-state index contributed by atoms with van der Waals surface area (Å²) in [6.45, 7) is 16.1. The lowest BCUT2D eigenvalue weighted by Crippen LogP contribution is -2.61. The number of carbonyl (C=O) groups excluding carboxylic acids is 3. The zero-order valence-corrected chi connectivity index (χ0v) is 22.4. The maximum Gasteiger partial charge on any atom is 0.246 e. The normalized spacial score (nSPS) is 33.9. The monoisotopic (exact) mass is 479 g/mol. The van der Waals surface area contributed by atoms with E-state index in [4.69, 9.17) is 4.74 Å². The van der Waals surface area contributed by atoms with E-state index < -0.39 is 40.7 Å². The lowest BCUT2D eigenvalue weighted by Gasteiger charge is -2.40. The number of carbonyl (C=O) groups is 3. The van der Waals surface area contributed by atoms with Gasteiger partial charge in [-0.3, -0.25) is 14.4 Å². The maximum atomic E-state index is 14.0. The number of aliphatic hydroxyl groups excluding tert-OH is 1. The van der Waals surface area contributed by atoms with Gasteiger partial charge in [0.05, 0.1) is 30.1 Å². The second kappa shape index (κ2) is 8.77. The molecule has 1 spiro atoms. The van der Waals surface area contributed by atoms with E-state index >= 15 is 0 Å². The number of likely N-dealkylation sites (tertiary alicyclic amines) is 1. The Morgan fingerprint density at radius 2 is 1.79 bits per heavy atom. The van der Waals surface area contributed by atoms with Gasteiger partial charge in [0.15, 0.2) is 0 Å². The summed E-state index contributed by atoms with van der Waals surface area (Å²) in [5, 5.41) is 16.2. The van der Waals surface area contributed by atoms with Gasteiger partial charge in [0.2, 0.25) is 17.7 Å². The molecule has 3 N–H and O–H groups in total. The molecule has 0 aromatic rings. The molecule has 0 aromatic heterocycles. The van der Waals surface area contributed by atoms with E-state index in [0.717, 1.165) is 6.42 Å². The molecule has 34 heavy (non-hydrogen) atoms. The molecule has 8 nitrogen and oxygen atoms in total. The van der Waals surface area contributed by atoms with Crippen LogP contribution < -0.4 is 10.6 Å². The van der Waals surface area contributed by atoms with Crippen molar-refractivity contribution in [3.63, 3.8) is 0 Å². The van der Waals surface area contributed by atoms with Crippen molar-refractivity contribution in [3.05, 3.63) is 0 Å². The highest BCUT2D eigenvalue weighted by Crippen LogP contribution is 2.63. The second-order valence-corrected chi connectivity index (χ2v) is 13.2. The van der Waals surface area contributed by atoms with Crippen molar-refractivity contribution in [3.8, 4) is 0 Å². The minimum atomic E-state index is -1.07. The molecule has 3 aliphatic heterocycles. The van der Waals surface area contributed by atoms with Crippen LogP contribution in [0, 0.1) is 23.2 Å². The zero-order valence-electron chi connectivity index (χ0n) is 22.4. The average molecular weight is 480 g/mol. The van der Waals surface area contributed by atoms with Crippen molar-refractivity contribution in [1.29, 1.82) is 0 Å². The number of nitrogens with one attached hydrogen (secondary N) is 2. The van der Waals surface area contributed by atoms with E-state index in [2.05, 4.69) is 31.4 Å². The van der Waals surface area contributed by atoms with Crippen molar-refractivity contribution in [1.82, 2.24) is 15.5 Å².